The Balaban J connectivity index is 2.19. The molecule has 1 aromatic rings. The zero-order chi connectivity index (χ0) is 13.8. The lowest BCUT2D eigenvalue weighted by molar-refractivity contribution is -0.384. The van der Waals surface area contributed by atoms with E-state index >= 15 is 0 Å². The molecule has 0 bridgehead atoms. The topological polar surface area (TPSA) is 93.5 Å². The molecular formula is C12H15N3O4. The number of nitrogens with one attached hydrogen (secondary N) is 2. The maximum atomic E-state index is 11.6. The summed E-state index contributed by atoms with van der Waals surface area (Å²) in [6.45, 7) is 2.06. The average molecular weight is 265 g/mol. The Morgan fingerprint density at radius 2 is 2.26 bits per heavy atom. The number of nitro benzene ring substituents is 1. The molecule has 0 spiro atoms. The van der Waals surface area contributed by atoms with Crippen molar-refractivity contribution in [1.29, 1.82) is 0 Å². The van der Waals surface area contributed by atoms with E-state index in [-0.39, 0.29) is 11.3 Å². The fraction of sp³-hybridized carbons (Fsp3) is 0.417. The monoisotopic (exact) mass is 265 g/mol. The molecule has 1 aromatic carbocycles. The summed E-state index contributed by atoms with van der Waals surface area (Å²) in [5.41, 5.74) is 2.75. The van der Waals surface area contributed by atoms with Crippen LogP contribution in [0.15, 0.2) is 18.2 Å². The van der Waals surface area contributed by atoms with Crippen molar-refractivity contribution in [2.24, 2.45) is 0 Å². The molecule has 0 aromatic heterocycles. The van der Waals surface area contributed by atoms with Gasteiger partial charge >= 0.3 is 0 Å². The van der Waals surface area contributed by atoms with Crippen molar-refractivity contribution in [3.8, 4) is 0 Å². The van der Waals surface area contributed by atoms with Gasteiger partial charge in [-0.05, 0) is 31.9 Å². The highest BCUT2D eigenvalue weighted by molar-refractivity contribution is 5.95. The standard InChI is InChI=1S/C12H15N3O4/c1-2-19-14-12(16)8-3-6-10(13-9-4-5-9)11(7-8)15(17)18/h3,6-7,9,13H,2,4-5H2,1H3,(H,14,16). The molecule has 2 rings (SSSR count). The van der Waals surface area contributed by atoms with Gasteiger partial charge in [-0.25, -0.2) is 5.48 Å². The third kappa shape index (κ3) is 3.41. The number of hydroxylamine groups is 1. The zero-order valence-corrected chi connectivity index (χ0v) is 10.5. The number of carbonyl (C=O) groups excluding carboxylic acids is 1. The highest BCUT2D eigenvalue weighted by Gasteiger charge is 2.25. The van der Waals surface area contributed by atoms with Crippen molar-refractivity contribution in [1.82, 2.24) is 5.48 Å². The van der Waals surface area contributed by atoms with E-state index in [4.69, 9.17) is 4.84 Å². The molecule has 19 heavy (non-hydrogen) atoms. The van der Waals surface area contributed by atoms with Crippen molar-refractivity contribution < 1.29 is 14.6 Å². The smallest absolute Gasteiger partial charge is 0.293 e. The highest BCUT2D eigenvalue weighted by Crippen LogP contribution is 2.31. The SMILES string of the molecule is CCONC(=O)c1ccc(NC2CC2)c([N+](=O)[O-])c1. The Labute approximate surface area is 110 Å². The Morgan fingerprint density at radius 1 is 1.53 bits per heavy atom. The van der Waals surface area contributed by atoms with Gasteiger partial charge in [-0.3, -0.25) is 19.7 Å². The van der Waals surface area contributed by atoms with Crippen LogP contribution in [-0.2, 0) is 4.84 Å². The van der Waals surface area contributed by atoms with Crippen LogP contribution in [0.5, 0.6) is 0 Å². The minimum Gasteiger partial charge on any atom is -0.377 e. The molecule has 0 heterocycles. The summed E-state index contributed by atoms with van der Waals surface area (Å²) >= 11 is 0. The number of anilines is 1. The Kier molecular flexibility index (Phi) is 3.96. The second kappa shape index (κ2) is 5.66. The molecule has 1 aliphatic carbocycles. The fourth-order valence-corrected chi connectivity index (χ4v) is 1.59. The number of benzene rings is 1. The lowest BCUT2D eigenvalue weighted by Gasteiger charge is -2.08. The molecule has 7 heteroatoms. The molecule has 1 aliphatic rings. The number of nitrogens with zero attached hydrogens (tertiary/aromatic N) is 1. The number of carbonyl (C=O) groups is 1. The van der Waals surface area contributed by atoms with Gasteiger partial charge in [0.2, 0.25) is 0 Å². The Hall–Kier alpha value is -2.15. The first-order valence-corrected chi connectivity index (χ1v) is 6.09. The van der Waals surface area contributed by atoms with Gasteiger partial charge in [0.25, 0.3) is 11.6 Å². The van der Waals surface area contributed by atoms with Gasteiger partial charge in [-0.15, -0.1) is 0 Å². The number of nitro groups is 1. The predicted molar refractivity (Wildman–Crippen MR) is 68.8 cm³/mol. The summed E-state index contributed by atoms with van der Waals surface area (Å²) in [6.07, 6.45) is 2.04. The van der Waals surface area contributed by atoms with Gasteiger partial charge in [-0.1, -0.05) is 0 Å². The molecule has 0 atom stereocenters. The van der Waals surface area contributed by atoms with Crippen LogP contribution >= 0.6 is 0 Å². The van der Waals surface area contributed by atoms with Crippen molar-refractivity contribution in [3.63, 3.8) is 0 Å². The fourth-order valence-electron chi connectivity index (χ4n) is 1.59. The second-order valence-electron chi connectivity index (χ2n) is 4.27. The third-order valence-corrected chi connectivity index (χ3v) is 2.70. The predicted octanol–water partition coefficient (Wildman–Crippen LogP) is 1.85. The van der Waals surface area contributed by atoms with Gasteiger partial charge < -0.3 is 5.32 Å². The number of amides is 1. The molecule has 0 aliphatic heterocycles. The van der Waals surface area contributed by atoms with E-state index in [0.29, 0.717) is 18.3 Å². The summed E-state index contributed by atoms with van der Waals surface area (Å²) in [6, 6.07) is 4.64. The van der Waals surface area contributed by atoms with Crippen LogP contribution in [0.2, 0.25) is 0 Å². The molecular weight excluding hydrogens is 250 g/mol. The molecule has 2 N–H and O–H groups in total. The van der Waals surface area contributed by atoms with E-state index in [1.54, 1.807) is 13.0 Å². The van der Waals surface area contributed by atoms with E-state index in [0.717, 1.165) is 12.8 Å². The largest absolute Gasteiger partial charge is 0.377 e. The van der Waals surface area contributed by atoms with E-state index in [9.17, 15) is 14.9 Å². The van der Waals surface area contributed by atoms with Gasteiger partial charge in [-0.2, -0.15) is 0 Å². The van der Waals surface area contributed by atoms with Gasteiger partial charge in [0.15, 0.2) is 0 Å². The van der Waals surface area contributed by atoms with Crippen LogP contribution in [-0.4, -0.2) is 23.5 Å². The zero-order valence-electron chi connectivity index (χ0n) is 10.5. The van der Waals surface area contributed by atoms with Crippen molar-refractivity contribution in [3.05, 3.63) is 33.9 Å². The van der Waals surface area contributed by atoms with Crippen LogP contribution < -0.4 is 10.8 Å². The normalized spacial score (nSPS) is 13.9. The van der Waals surface area contributed by atoms with Crippen molar-refractivity contribution in [2.45, 2.75) is 25.8 Å². The lowest BCUT2D eigenvalue weighted by atomic mass is 10.1. The van der Waals surface area contributed by atoms with Gasteiger partial charge in [0, 0.05) is 17.7 Å². The first-order valence-electron chi connectivity index (χ1n) is 6.09. The third-order valence-electron chi connectivity index (χ3n) is 2.70. The van der Waals surface area contributed by atoms with Crippen LogP contribution in [0, 0.1) is 10.1 Å². The molecule has 1 saturated carbocycles. The van der Waals surface area contributed by atoms with Crippen molar-refractivity contribution >= 4 is 17.3 Å². The summed E-state index contributed by atoms with van der Waals surface area (Å²) in [4.78, 5) is 26.9. The molecule has 0 saturated heterocycles. The maximum Gasteiger partial charge on any atom is 0.293 e. The molecule has 7 nitrogen and oxygen atoms in total. The molecule has 0 unspecified atom stereocenters. The van der Waals surface area contributed by atoms with Crippen LogP contribution in [0.1, 0.15) is 30.1 Å². The van der Waals surface area contributed by atoms with Gasteiger partial charge in [0.1, 0.15) is 5.69 Å². The minimum absolute atomic E-state index is 0.101. The Bertz CT molecular complexity index is 500. The first kappa shape index (κ1) is 13.3. The van der Waals surface area contributed by atoms with Crippen LogP contribution in [0.25, 0.3) is 0 Å². The summed E-state index contributed by atoms with van der Waals surface area (Å²) in [5, 5.41) is 14.1. The molecule has 0 radical (unpaired) electrons. The van der Waals surface area contributed by atoms with Crippen LogP contribution in [0.3, 0.4) is 0 Å². The lowest BCUT2D eigenvalue weighted by Crippen LogP contribution is -2.23. The molecule has 102 valence electrons. The van der Waals surface area contributed by atoms with E-state index in [2.05, 4.69) is 10.8 Å². The molecule has 1 fully saturated rings. The number of hydrogen-bond acceptors (Lipinski definition) is 5. The summed E-state index contributed by atoms with van der Waals surface area (Å²) < 4.78 is 0. The van der Waals surface area contributed by atoms with E-state index < -0.39 is 10.8 Å². The highest BCUT2D eigenvalue weighted by atomic mass is 16.6. The maximum absolute atomic E-state index is 11.6. The van der Waals surface area contributed by atoms with Crippen LogP contribution in [0.4, 0.5) is 11.4 Å². The second-order valence-corrected chi connectivity index (χ2v) is 4.27. The van der Waals surface area contributed by atoms with Crippen molar-refractivity contribution in [2.75, 3.05) is 11.9 Å². The average Bonchev–Trinajstić information content (AvgIpc) is 3.20. The minimum atomic E-state index is -0.498. The van der Waals surface area contributed by atoms with Gasteiger partial charge in [0.05, 0.1) is 11.5 Å². The quantitative estimate of drug-likeness (QED) is 0.604. The number of rotatable bonds is 6. The summed E-state index contributed by atoms with van der Waals surface area (Å²) in [5.74, 6) is -0.497. The Morgan fingerprint density at radius 3 is 2.84 bits per heavy atom. The van der Waals surface area contributed by atoms with E-state index in [1.165, 1.54) is 12.1 Å². The molecule has 1 amide bonds. The number of hydrogen-bond donors (Lipinski definition) is 2. The summed E-state index contributed by atoms with van der Waals surface area (Å²) in [7, 11) is 0. The first-order chi connectivity index (χ1) is 9.11. The van der Waals surface area contributed by atoms with E-state index in [1.807, 2.05) is 0 Å².